The maximum atomic E-state index is 14.0. The number of aromatic nitrogens is 3. The lowest BCUT2D eigenvalue weighted by Crippen LogP contribution is -2.28. The molecular weight excluding hydrogens is 255 g/mol. The summed E-state index contributed by atoms with van der Waals surface area (Å²) in [4.78, 5) is 4.29. The molecule has 20 heavy (non-hydrogen) atoms. The number of nitrogens with zero attached hydrogens (tertiary/aromatic N) is 3. The van der Waals surface area contributed by atoms with Crippen molar-refractivity contribution in [2.24, 2.45) is 0 Å². The molecule has 0 spiro atoms. The van der Waals surface area contributed by atoms with Crippen LogP contribution in [0.1, 0.15) is 36.6 Å². The van der Waals surface area contributed by atoms with E-state index in [0.717, 1.165) is 24.6 Å². The Morgan fingerprint density at radius 3 is 2.65 bits per heavy atom. The van der Waals surface area contributed by atoms with Gasteiger partial charge >= 0.3 is 0 Å². The molecule has 5 heteroatoms. The zero-order chi connectivity index (χ0) is 14.5. The van der Waals surface area contributed by atoms with Crippen LogP contribution in [0, 0.1) is 19.7 Å². The molecule has 1 aromatic heterocycles. The SMILES string of the molecule is CCCNC(Cn1nc(C)nc1C)c1ccccc1F. The first kappa shape index (κ1) is 14.7. The molecule has 1 aromatic carbocycles. The Bertz CT molecular complexity index is 565. The minimum Gasteiger partial charge on any atom is -0.308 e. The number of rotatable bonds is 6. The molecule has 1 heterocycles. The van der Waals surface area contributed by atoms with E-state index in [1.807, 2.05) is 30.7 Å². The highest BCUT2D eigenvalue weighted by Crippen LogP contribution is 2.19. The van der Waals surface area contributed by atoms with E-state index in [9.17, 15) is 4.39 Å². The molecule has 0 bridgehead atoms. The van der Waals surface area contributed by atoms with E-state index in [2.05, 4.69) is 22.3 Å². The Balaban J connectivity index is 2.24. The first-order valence-corrected chi connectivity index (χ1v) is 6.97. The van der Waals surface area contributed by atoms with E-state index in [1.165, 1.54) is 6.07 Å². The Kier molecular flexibility index (Phi) is 4.84. The zero-order valence-corrected chi connectivity index (χ0v) is 12.2. The minimum absolute atomic E-state index is 0.101. The summed E-state index contributed by atoms with van der Waals surface area (Å²) in [7, 11) is 0. The van der Waals surface area contributed by atoms with Gasteiger partial charge in [0.25, 0.3) is 0 Å². The van der Waals surface area contributed by atoms with Gasteiger partial charge in [0.05, 0.1) is 12.6 Å². The Morgan fingerprint density at radius 1 is 1.30 bits per heavy atom. The van der Waals surface area contributed by atoms with Crippen molar-refractivity contribution in [1.82, 2.24) is 20.1 Å². The fraction of sp³-hybridized carbons (Fsp3) is 0.467. The molecule has 0 saturated heterocycles. The number of hydrogen-bond donors (Lipinski definition) is 1. The van der Waals surface area contributed by atoms with Gasteiger partial charge < -0.3 is 5.32 Å². The van der Waals surface area contributed by atoms with E-state index in [0.29, 0.717) is 12.1 Å². The number of nitrogens with one attached hydrogen (secondary N) is 1. The van der Waals surface area contributed by atoms with Gasteiger partial charge in [0.15, 0.2) is 0 Å². The van der Waals surface area contributed by atoms with Crippen molar-refractivity contribution in [1.29, 1.82) is 0 Å². The van der Waals surface area contributed by atoms with Crippen LogP contribution in [0.25, 0.3) is 0 Å². The highest BCUT2D eigenvalue weighted by Gasteiger charge is 2.17. The second-order valence-electron chi connectivity index (χ2n) is 4.92. The quantitative estimate of drug-likeness (QED) is 0.882. The highest BCUT2D eigenvalue weighted by atomic mass is 19.1. The summed E-state index contributed by atoms with van der Waals surface area (Å²) in [5.41, 5.74) is 0.675. The molecule has 108 valence electrons. The van der Waals surface area contributed by atoms with Crippen LogP contribution in [-0.2, 0) is 6.54 Å². The number of aryl methyl sites for hydroxylation is 2. The van der Waals surface area contributed by atoms with E-state index in [4.69, 9.17) is 0 Å². The van der Waals surface area contributed by atoms with Gasteiger partial charge in [0.2, 0.25) is 0 Å². The fourth-order valence-electron chi connectivity index (χ4n) is 2.26. The monoisotopic (exact) mass is 276 g/mol. The van der Waals surface area contributed by atoms with E-state index in [-0.39, 0.29) is 11.9 Å². The van der Waals surface area contributed by atoms with Crippen molar-refractivity contribution < 1.29 is 4.39 Å². The van der Waals surface area contributed by atoms with Crippen LogP contribution in [-0.4, -0.2) is 21.3 Å². The summed E-state index contributed by atoms with van der Waals surface area (Å²) in [6.07, 6.45) is 1.00. The molecule has 0 saturated carbocycles. The third-order valence-corrected chi connectivity index (χ3v) is 3.24. The average Bonchev–Trinajstić information content (AvgIpc) is 2.73. The highest BCUT2D eigenvalue weighted by molar-refractivity contribution is 5.21. The first-order valence-electron chi connectivity index (χ1n) is 6.97. The molecule has 0 fully saturated rings. The Morgan fingerprint density at radius 2 is 2.05 bits per heavy atom. The summed E-state index contributed by atoms with van der Waals surface area (Å²) < 4.78 is 15.8. The third kappa shape index (κ3) is 3.42. The molecule has 2 aromatic rings. The van der Waals surface area contributed by atoms with Crippen LogP contribution in [0.2, 0.25) is 0 Å². The topological polar surface area (TPSA) is 42.7 Å². The number of hydrogen-bond acceptors (Lipinski definition) is 3. The van der Waals surface area contributed by atoms with E-state index >= 15 is 0 Å². The van der Waals surface area contributed by atoms with Crippen molar-refractivity contribution in [3.63, 3.8) is 0 Å². The van der Waals surface area contributed by atoms with Crippen LogP contribution in [0.15, 0.2) is 24.3 Å². The maximum absolute atomic E-state index is 14.0. The number of halogens is 1. The van der Waals surface area contributed by atoms with E-state index in [1.54, 1.807) is 6.07 Å². The largest absolute Gasteiger partial charge is 0.308 e. The molecule has 4 nitrogen and oxygen atoms in total. The summed E-state index contributed by atoms with van der Waals surface area (Å²) >= 11 is 0. The summed E-state index contributed by atoms with van der Waals surface area (Å²) in [5.74, 6) is 1.41. The van der Waals surface area contributed by atoms with Crippen LogP contribution < -0.4 is 5.32 Å². The molecule has 0 aliphatic rings. The maximum Gasteiger partial charge on any atom is 0.147 e. The number of benzene rings is 1. The van der Waals surface area contributed by atoms with Crippen LogP contribution in [0.5, 0.6) is 0 Å². The van der Waals surface area contributed by atoms with Gasteiger partial charge in [-0.2, -0.15) is 5.10 Å². The van der Waals surface area contributed by atoms with Crippen molar-refractivity contribution >= 4 is 0 Å². The lowest BCUT2D eigenvalue weighted by molar-refractivity contribution is 0.417. The lowest BCUT2D eigenvalue weighted by atomic mass is 10.1. The standard InChI is InChI=1S/C15H21FN4/c1-4-9-17-15(13-7-5-6-8-14(13)16)10-20-12(3)18-11(2)19-20/h5-8,15,17H,4,9-10H2,1-3H3. The van der Waals surface area contributed by atoms with Gasteiger partial charge in [-0.25, -0.2) is 14.1 Å². The molecule has 0 aliphatic heterocycles. The van der Waals surface area contributed by atoms with Gasteiger partial charge in [0, 0.05) is 5.56 Å². The van der Waals surface area contributed by atoms with Gasteiger partial charge in [-0.3, -0.25) is 0 Å². The summed E-state index contributed by atoms with van der Waals surface area (Å²) in [6.45, 7) is 7.29. The van der Waals surface area contributed by atoms with Gasteiger partial charge in [0.1, 0.15) is 17.5 Å². The van der Waals surface area contributed by atoms with Crippen molar-refractivity contribution in [3.05, 3.63) is 47.3 Å². The third-order valence-electron chi connectivity index (χ3n) is 3.24. The molecular formula is C15H21FN4. The van der Waals surface area contributed by atoms with Gasteiger partial charge in [-0.1, -0.05) is 25.1 Å². The summed E-state index contributed by atoms with van der Waals surface area (Å²) in [6, 6.07) is 6.78. The van der Waals surface area contributed by atoms with Gasteiger partial charge in [-0.05, 0) is 32.9 Å². The van der Waals surface area contributed by atoms with Crippen LogP contribution in [0.3, 0.4) is 0 Å². The fourth-order valence-corrected chi connectivity index (χ4v) is 2.26. The average molecular weight is 276 g/mol. The Labute approximate surface area is 119 Å². The minimum atomic E-state index is -0.185. The Hall–Kier alpha value is -1.75. The van der Waals surface area contributed by atoms with Crippen molar-refractivity contribution in [2.45, 2.75) is 39.8 Å². The normalized spacial score (nSPS) is 12.6. The predicted molar refractivity (Wildman–Crippen MR) is 76.9 cm³/mol. The molecule has 0 amide bonds. The first-order chi connectivity index (χ1) is 9.61. The molecule has 1 atom stereocenters. The summed E-state index contributed by atoms with van der Waals surface area (Å²) in [5, 5.41) is 7.74. The smallest absolute Gasteiger partial charge is 0.147 e. The van der Waals surface area contributed by atoms with Crippen molar-refractivity contribution in [2.75, 3.05) is 6.54 Å². The lowest BCUT2D eigenvalue weighted by Gasteiger charge is -2.20. The molecule has 0 aliphatic carbocycles. The second-order valence-corrected chi connectivity index (χ2v) is 4.92. The van der Waals surface area contributed by atoms with E-state index < -0.39 is 0 Å². The molecule has 1 unspecified atom stereocenters. The second kappa shape index (κ2) is 6.61. The van der Waals surface area contributed by atoms with Gasteiger partial charge in [-0.15, -0.1) is 0 Å². The van der Waals surface area contributed by atoms with Crippen LogP contribution >= 0.6 is 0 Å². The van der Waals surface area contributed by atoms with Crippen molar-refractivity contribution in [3.8, 4) is 0 Å². The molecule has 1 N–H and O–H groups in total. The zero-order valence-electron chi connectivity index (χ0n) is 12.2. The molecule has 0 radical (unpaired) electrons. The predicted octanol–water partition coefficient (Wildman–Crippen LogP) is 2.77. The molecule has 2 rings (SSSR count). The van der Waals surface area contributed by atoms with Crippen LogP contribution in [0.4, 0.5) is 4.39 Å².